The summed E-state index contributed by atoms with van der Waals surface area (Å²) in [6, 6.07) is 0. The predicted molar refractivity (Wildman–Crippen MR) is 71.5 cm³/mol. The van der Waals surface area contributed by atoms with Gasteiger partial charge in [-0.25, -0.2) is 0 Å². The van der Waals surface area contributed by atoms with E-state index in [1.54, 1.807) is 0 Å². The lowest BCUT2D eigenvalue weighted by Crippen LogP contribution is -2.51. The van der Waals surface area contributed by atoms with Crippen LogP contribution in [0.2, 0.25) is 0 Å². The van der Waals surface area contributed by atoms with Crippen molar-refractivity contribution in [2.45, 2.75) is 71.1 Å². The van der Waals surface area contributed by atoms with Gasteiger partial charge in [0.25, 0.3) is 0 Å². The molecule has 1 aliphatic carbocycles. The summed E-state index contributed by atoms with van der Waals surface area (Å²) < 4.78 is 11.2. The van der Waals surface area contributed by atoms with Gasteiger partial charge in [0.2, 0.25) is 0 Å². The Morgan fingerprint density at radius 1 is 1.39 bits per heavy atom. The summed E-state index contributed by atoms with van der Waals surface area (Å²) >= 11 is 0. The van der Waals surface area contributed by atoms with Gasteiger partial charge < -0.3 is 14.8 Å². The normalized spacial score (nSPS) is 28.4. The zero-order valence-corrected chi connectivity index (χ0v) is 12.3. The fraction of sp³-hybridized carbons (Fsp3) is 0.929. The molecule has 0 bridgehead atoms. The Morgan fingerprint density at radius 2 is 2.06 bits per heavy atom. The highest BCUT2D eigenvalue weighted by Gasteiger charge is 2.47. The van der Waals surface area contributed by atoms with Crippen molar-refractivity contribution in [3.8, 4) is 0 Å². The highest BCUT2D eigenvalue weighted by atomic mass is 16.5. The molecule has 4 heteroatoms. The molecule has 0 heterocycles. The molecule has 0 radical (unpaired) electrons. The molecule has 0 amide bonds. The Balaban J connectivity index is 2.69. The molecule has 2 atom stereocenters. The zero-order valence-electron chi connectivity index (χ0n) is 12.3. The standard InChI is InChI=1S/C14H27NO3/c1-6-15-14(12(16)17-7-2)9-8-11(10-14)18-13(3,4)5/h11,15H,6-10H2,1-5H3. The van der Waals surface area contributed by atoms with E-state index >= 15 is 0 Å². The van der Waals surface area contributed by atoms with Crippen molar-refractivity contribution < 1.29 is 14.3 Å². The van der Waals surface area contributed by atoms with Gasteiger partial charge >= 0.3 is 5.97 Å². The second-order valence-electron chi connectivity index (χ2n) is 5.93. The van der Waals surface area contributed by atoms with E-state index in [0.29, 0.717) is 13.0 Å². The van der Waals surface area contributed by atoms with Crippen LogP contribution in [0.4, 0.5) is 0 Å². The van der Waals surface area contributed by atoms with Crippen LogP contribution in [0, 0.1) is 0 Å². The largest absolute Gasteiger partial charge is 0.465 e. The molecule has 1 saturated carbocycles. The molecule has 0 spiro atoms. The van der Waals surface area contributed by atoms with Gasteiger partial charge in [-0.15, -0.1) is 0 Å². The SMILES string of the molecule is CCNC1(C(=O)OCC)CCC(OC(C)(C)C)C1. The number of hydrogen-bond donors (Lipinski definition) is 1. The summed E-state index contributed by atoms with van der Waals surface area (Å²) in [6.07, 6.45) is 2.54. The summed E-state index contributed by atoms with van der Waals surface area (Å²) in [6.45, 7) is 11.2. The fourth-order valence-electron chi connectivity index (χ4n) is 2.63. The van der Waals surface area contributed by atoms with Crippen molar-refractivity contribution in [2.24, 2.45) is 0 Å². The molecule has 1 rings (SSSR count). The van der Waals surface area contributed by atoms with Crippen LogP contribution < -0.4 is 5.32 Å². The Bertz CT molecular complexity index is 285. The van der Waals surface area contributed by atoms with E-state index in [4.69, 9.17) is 9.47 Å². The van der Waals surface area contributed by atoms with Crippen molar-refractivity contribution in [3.63, 3.8) is 0 Å². The topological polar surface area (TPSA) is 47.6 Å². The maximum atomic E-state index is 12.1. The summed E-state index contributed by atoms with van der Waals surface area (Å²) in [5.41, 5.74) is -0.706. The minimum Gasteiger partial charge on any atom is -0.465 e. The number of esters is 1. The maximum absolute atomic E-state index is 12.1. The third-order valence-corrected chi connectivity index (χ3v) is 3.17. The number of carbonyl (C=O) groups is 1. The number of hydrogen-bond acceptors (Lipinski definition) is 4. The smallest absolute Gasteiger partial charge is 0.326 e. The monoisotopic (exact) mass is 257 g/mol. The minimum absolute atomic E-state index is 0.133. The second kappa shape index (κ2) is 6.02. The molecule has 1 N–H and O–H groups in total. The van der Waals surface area contributed by atoms with E-state index in [-0.39, 0.29) is 17.7 Å². The van der Waals surface area contributed by atoms with Crippen LogP contribution in [-0.4, -0.2) is 36.4 Å². The molecule has 0 aromatic carbocycles. The first-order valence-corrected chi connectivity index (χ1v) is 6.93. The Labute approximate surface area is 110 Å². The predicted octanol–water partition coefficient (Wildman–Crippen LogP) is 2.27. The highest BCUT2D eigenvalue weighted by Crippen LogP contribution is 2.35. The van der Waals surface area contributed by atoms with Gasteiger partial charge in [0, 0.05) is 6.42 Å². The molecule has 2 unspecified atom stereocenters. The quantitative estimate of drug-likeness (QED) is 0.768. The van der Waals surface area contributed by atoms with E-state index in [1.165, 1.54) is 0 Å². The molecule has 0 aromatic heterocycles. The molecular weight excluding hydrogens is 230 g/mol. The number of nitrogens with one attached hydrogen (secondary N) is 1. The van der Waals surface area contributed by atoms with E-state index in [9.17, 15) is 4.79 Å². The first-order valence-electron chi connectivity index (χ1n) is 6.93. The summed E-state index contributed by atoms with van der Waals surface area (Å²) in [4.78, 5) is 12.1. The maximum Gasteiger partial charge on any atom is 0.326 e. The first-order chi connectivity index (χ1) is 8.33. The molecule has 0 aliphatic heterocycles. The van der Waals surface area contributed by atoms with Gasteiger partial charge in [0.1, 0.15) is 5.54 Å². The van der Waals surface area contributed by atoms with Crippen LogP contribution in [0.5, 0.6) is 0 Å². The number of ether oxygens (including phenoxy) is 2. The molecule has 0 aromatic rings. The van der Waals surface area contributed by atoms with Crippen LogP contribution in [0.1, 0.15) is 53.9 Å². The Morgan fingerprint density at radius 3 is 2.56 bits per heavy atom. The van der Waals surface area contributed by atoms with Gasteiger partial charge in [-0.3, -0.25) is 4.79 Å². The van der Waals surface area contributed by atoms with Crippen LogP contribution in [0.25, 0.3) is 0 Å². The van der Waals surface area contributed by atoms with Gasteiger partial charge in [-0.05, 0) is 47.1 Å². The third kappa shape index (κ3) is 3.95. The average molecular weight is 257 g/mol. The van der Waals surface area contributed by atoms with Crippen molar-refractivity contribution in [1.29, 1.82) is 0 Å². The third-order valence-electron chi connectivity index (χ3n) is 3.17. The zero-order chi connectivity index (χ0) is 13.8. The van der Waals surface area contributed by atoms with Crippen LogP contribution in [0.15, 0.2) is 0 Å². The lowest BCUT2D eigenvalue weighted by molar-refractivity contribution is -0.152. The van der Waals surface area contributed by atoms with E-state index in [1.807, 2.05) is 34.6 Å². The molecule has 1 fully saturated rings. The number of carbonyl (C=O) groups excluding carboxylic acids is 1. The Kier molecular flexibility index (Phi) is 5.17. The van der Waals surface area contributed by atoms with Gasteiger partial charge in [-0.2, -0.15) is 0 Å². The van der Waals surface area contributed by atoms with Crippen molar-refractivity contribution in [2.75, 3.05) is 13.2 Å². The molecule has 4 nitrogen and oxygen atoms in total. The number of rotatable bonds is 5. The van der Waals surface area contributed by atoms with Crippen molar-refractivity contribution >= 4 is 5.97 Å². The molecule has 106 valence electrons. The summed E-state index contributed by atoms with van der Waals surface area (Å²) in [5.74, 6) is -0.133. The highest BCUT2D eigenvalue weighted by molar-refractivity contribution is 5.81. The van der Waals surface area contributed by atoms with Crippen LogP contribution in [0.3, 0.4) is 0 Å². The lowest BCUT2D eigenvalue weighted by Gasteiger charge is -2.29. The van der Waals surface area contributed by atoms with Gasteiger partial charge in [0.15, 0.2) is 0 Å². The summed E-state index contributed by atoms with van der Waals surface area (Å²) in [7, 11) is 0. The van der Waals surface area contributed by atoms with Crippen LogP contribution >= 0.6 is 0 Å². The second-order valence-corrected chi connectivity index (χ2v) is 5.93. The van der Waals surface area contributed by atoms with E-state index in [2.05, 4.69) is 5.32 Å². The molecular formula is C14H27NO3. The summed E-state index contributed by atoms with van der Waals surface area (Å²) in [5, 5.41) is 3.30. The van der Waals surface area contributed by atoms with Crippen LogP contribution in [-0.2, 0) is 14.3 Å². The van der Waals surface area contributed by atoms with Gasteiger partial charge in [0.05, 0.1) is 18.3 Å². The average Bonchev–Trinajstić information content (AvgIpc) is 2.61. The van der Waals surface area contributed by atoms with E-state index in [0.717, 1.165) is 19.4 Å². The fourth-order valence-corrected chi connectivity index (χ4v) is 2.63. The molecule has 1 aliphatic rings. The molecule has 0 saturated heterocycles. The van der Waals surface area contributed by atoms with Gasteiger partial charge in [-0.1, -0.05) is 6.92 Å². The van der Waals surface area contributed by atoms with Crippen molar-refractivity contribution in [1.82, 2.24) is 5.32 Å². The first kappa shape index (κ1) is 15.4. The van der Waals surface area contributed by atoms with E-state index < -0.39 is 5.54 Å². The Hall–Kier alpha value is -0.610. The minimum atomic E-state index is -0.541. The lowest BCUT2D eigenvalue weighted by atomic mass is 9.97. The van der Waals surface area contributed by atoms with Crippen molar-refractivity contribution in [3.05, 3.63) is 0 Å². The number of likely N-dealkylation sites (N-methyl/N-ethyl adjacent to an activating group) is 1. The molecule has 18 heavy (non-hydrogen) atoms.